The predicted octanol–water partition coefficient (Wildman–Crippen LogP) is 1.96. The van der Waals surface area contributed by atoms with Gasteiger partial charge in [-0.2, -0.15) is 11.8 Å². The molecule has 0 rings (SSSR count). The summed E-state index contributed by atoms with van der Waals surface area (Å²) in [4.78, 5) is 24.1. The van der Waals surface area contributed by atoms with Gasteiger partial charge in [-0.25, -0.2) is 0 Å². The number of amides is 1. The van der Waals surface area contributed by atoms with E-state index in [1.54, 1.807) is 16.7 Å². The summed E-state index contributed by atoms with van der Waals surface area (Å²) in [5.74, 6) is 1.21. The highest BCUT2D eigenvalue weighted by atomic mass is 32.2. The molecule has 1 amide bonds. The minimum Gasteiger partial charge on any atom is -0.343 e. The smallest absolute Gasteiger partial charge is 0.222 e. The molecule has 0 aromatic carbocycles. The van der Waals surface area contributed by atoms with Crippen molar-refractivity contribution in [1.29, 1.82) is 0 Å². The molecule has 0 heterocycles. The Labute approximate surface area is 96.6 Å². The molecule has 0 N–H and O–H groups in total. The fourth-order valence-electron chi connectivity index (χ4n) is 1.19. The Morgan fingerprint density at radius 1 is 1.33 bits per heavy atom. The molecular formula is C11H21NO2S. The van der Waals surface area contributed by atoms with Gasteiger partial charge in [0.1, 0.15) is 5.78 Å². The van der Waals surface area contributed by atoms with Crippen molar-refractivity contribution in [3.05, 3.63) is 0 Å². The van der Waals surface area contributed by atoms with Gasteiger partial charge in [0, 0.05) is 25.9 Å². The molecular weight excluding hydrogens is 210 g/mol. The maximum absolute atomic E-state index is 11.6. The standard InChI is InChI=1S/C11H21NO2S/c1-9(7-8-15-4)12(3)11(14)6-5-10(2)13/h9H,5-8H2,1-4H3. The summed E-state index contributed by atoms with van der Waals surface area (Å²) in [7, 11) is 1.81. The van der Waals surface area contributed by atoms with E-state index in [0.717, 1.165) is 12.2 Å². The second kappa shape index (κ2) is 7.74. The van der Waals surface area contributed by atoms with Gasteiger partial charge >= 0.3 is 0 Å². The van der Waals surface area contributed by atoms with Gasteiger partial charge in [-0.15, -0.1) is 0 Å². The Balaban J connectivity index is 3.90. The first-order valence-corrected chi connectivity index (χ1v) is 6.62. The van der Waals surface area contributed by atoms with E-state index in [-0.39, 0.29) is 17.7 Å². The zero-order chi connectivity index (χ0) is 11.8. The number of rotatable bonds is 7. The largest absolute Gasteiger partial charge is 0.343 e. The van der Waals surface area contributed by atoms with Crippen molar-refractivity contribution < 1.29 is 9.59 Å². The number of carbonyl (C=O) groups is 2. The van der Waals surface area contributed by atoms with E-state index in [0.29, 0.717) is 12.8 Å². The first-order chi connectivity index (χ1) is 6.99. The fraction of sp³-hybridized carbons (Fsp3) is 0.818. The molecule has 0 spiro atoms. The van der Waals surface area contributed by atoms with Crippen molar-refractivity contribution in [2.45, 2.75) is 39.2 Å². The van der Waals surface area contributed by atoms with Gasteiger partial charge < -0.3 is 9.69 Å². The average Bonchev–Trinajstić information content (AvgIpc) is 2.21. The van der Waals surface area contributed by atoms with Crippen LogP contribution in [0.25, 0.3) is 0 Å². The molecule has 3 nitrogen and oxygen atoms in total. The van der Waals surface area contributed by atoms with E-state index in [1.807, 2.05) is 14.0 Å². The number of Topliss-reactive ketones (excluding diaryl/α,β-unsaturated/α-hetero) is 1. The number of nitrogens with zero attached hydrogens (tertiary/aromatic N) is 1. The Bertz CT molecular complexity index is 219. The predicted molar refractivity (Wildman–Crippen MR) is 65.1 cm³/mol. The van der Waals surface area contributed by atoms with Crippen molar-refractivity contribution in [1.82, 2.24) is 4.90 Å². The highest BCUT2D eigenvalue weighted by Gasteiger charge is 2.15. The molecule has 0 aliphatic heterocycles. The molecule has 4 heteroatoms. The van der Waals surface area contributed by atoms with Crippen LogP contribution >= 0.6 is 11.8 Å². The van der Waals surface area contributed by atoms with Crippen molar-refractivity contribution in [2.24, 2.45) is 0 Å². The van der Waals surface area contributed by atoms with Crippen molar-refractivity contribution in [3.8, 4) is 0 Å². The van der Waals surface area contributed by atoms with Crippen LogP contribution in [0.5, 0.6) is 0 Å². The van der Waals surface area contributed by atoms with Gasteiger partial charge in [0.05, 0.1) is 0 Å². The topological polar surface area (TPSA) is 37.4 Å². The van der Waals surface area contributed by atoms with Crippen LogP contribution in [0.4, 0.5) is 0 Å². The molecule has 0 fully saturated rings. The molecule has 1 atom stereocenters. The number of thioether (sulfide) groups is 1. The lowest BCUT2D eigenvalue weighted by molar-refractivity contribution is -0.133. The maximum atomic E-state index is 11.6. The van der Waals surface area contributed by atoms with Gasteiger partial charge in [-0.1, -0.05) is 0 Å². The van der Waals surface area contributed by atoms with Crippen LogP contribution in [0.3, 0.4) is 0 Å². The van der Waals surface area contributed by atoms with E-state index >= 15 is 0 Å². The second-order valence-corrected chi connectivity index (χ2v) is 4.82. The zero-order valence-electron chi connectivity index (χ0n) is 10.1. The first kappa shape index (κ1) is 14.5. The number of hydrogen-bond donors (Lipinski definition) is 0. The lowest BCUT2D eigenvalue weighted by Gasteiger charge is -2.24. The molecule has 0 saturated carbocycles. The first-order valence-electron chi connectivity index (χ1n) is 5.23. The lowest BCUT2D eigenvalue weighted by atomic mass is 10.2. The van der Waals surface area contributed by atoms with Gasteiger partial charge in [-0.3, -0.25) is 4.79 Å². The monoisotopic (exact) mass is 231 g/mol. The van der Waals surface area contributed by atoms with Gasteiger partial charge in [0.2, 0.25) is 5.91 Å². The van der Waals surface area contributed by atoms with Crippen LogP contribution in [-0.4, -0.2) is 41.7 Å². The summed E-state index contributed by atoms with van der Waals surface area (Å²) in [6.45, 7) is 3.56. The van der Waals surface area contributed by atoms with Crippen LogP contribution in [0, 0.1) is 0 Å². The van der Waals surface area contributed by atoms with Crippen molar-refractivity contribution >= 4 is 23.5 Å². The Kier molecular flexibility index (Phi) is 7.48. The molecule has 88 valence electrons. The summed E-state index contributed by atoms with van der Waals surface area (Å²) < 4.78 is 0. The summed E-state index contributed by atoms with van der Waals surface area (Å²) in [6, 6.07) is 0.261. The van der Waals surface area contributed by atoms with Crippen molar-refractivity contribution in [3.63, 3.8) is 0 Å². The number of hydrogen-bond acceptors (Lipinski definition) is 3. The van der Waals surface area contributed by atoms with Crippen LogP contribution in [0.15, 0.2) is 0 Å². The quantitative estimate of drug-likeness (QED) is 0.672. The van der Waals surface area contributed by atoms with Gasteiger partial charge in [0.15, 0.2) is 0 Å². The molecule has 0 bridgehead atoms. The number of carbonyl (C=O) groups excluding carboxylic acids is 2. The van der Waals surface area contributed by atoms with Gasteiger partial charge in [0.25, 0.3) is 0 Å². The summed E-state index contributed by atoms with van der Waals surface area (Å²) >= 11 is 1.79. The van der Waals surface area contributed by atoms with E-state index < -0.39 is 0 Å². The van der Waals surface area contributed by atoms with Crippen LogP contribution < -0.4 is 0 Å². The average molecular weight is 231 g/mol. The molecule has 15 heavy (non-hydrogen) atoms. The SMILES string of the molecule is CSCCC(C)N(C)C(=O)CCC(C)=O. The maximum Gasteiger partial charge on any atom is 0.222 e. The molecule has 0 aliphatic carbocycles. The minimum atomic E-state index is 0.0683. The third-order valence-electron chi connectivity index (χ3n) is 2.49. The minimum absolute atomic E-state index is 0.0683. The summed E-state index contributed by atoms with van der Waals surface area (Å²) in [6.07, 6.45) is 3.77. The number of ketones is 1. The lowest BCUT2D eigenvalue weighted by Crippen LogP contribution is -2.35. The van der Waals surface area contributed by atoms with E-state index in [1.165, 1.54) is 6.92 Å². The van der Waals surface area contributed by atoms with Crippen LogP contribution in [-0.2, 0) is 9.59 Å². The highest BCUT2D eigenvalue weighted by molar-refractivity contribution is 7.98. The highest BCUT2D eigenvalue weighted by Crippen LogP contribution is 2.08. The van der Waals surface area contributed by atoms with E-state index in [4.69, 9.17) is 0 Å². The Hall–Kier alpha value is -0.510. The fourth-order valence-corrected chi connectivity index (χ4v) is 1.76. The third kappa shape index (κ3) is 6.55. The molecule has 0 aromatic rings. The normalized spacial score (nSPS) is 12.3. The Morgan fingerprint density at radius 2 is 1.93 bits per heavy atom. The summed E-state index contributed by atoms with van der Waals surface area (Å²) in [5, 5.41) is 0. The Morgan fingerprint density at radius 3 is 2.40 bits per heavy atom. The van der Waals surface area contributed by atoms with Gasteiger partial charge in [-0.05, 0) is 32.3 Å². The molecule has 0 saturated heterocycles. The van der Waals surface area contributed by atoms with Crippen LogP contribution in [0.2, 0.25) is 0 Å². The van der Waals surface area contributed by atoms with E-state index in [9.17, 15) is 9.59 Å². The molecule has 1 unspecified atom stereocenters. The van der Waals surface area contributed by atoms with Crippen molar-refractivity contribution in [2.75, 3.05) is 19.1 Å². The molecule has 0 aliphatic rings. The zero-order valence-corrected chi connectivity index (χ0v) is 10.9. The molecule has 0 aromatic heterocycles. The summed E-state index contributed by atoms with van der Waals surface area (Å²) in [5.41, 5.74) is 0. The van der Waals surface area contributed by atoms with Crippen LogP contribution in [0.1, 0.15) is 33.1 Å². The second-order valence-electron chi connectivity index (χ2n) is 3.84. The third-order valence-corrected chi connectivity index (χ3v) is 3.13. The van der Waals surface area contributed by atoms with E-state index in [2.05, 4.69) is 6.26 Å². The molecule has 0 radical (unpaired) electrons.